The fraction of sp³-hybridized carbons (Fsp3) is 0.727. The first kappa shape index (κ1) is 10.6. The molecule has 15 heavy (non-hydrogen) atoms. The predicted molar refractivity (Wildman–Crippen MR) is 58.5 cm³/mol. The number of nitrogens with zero attached hydrogens (tertiary/aromatic N) is 3. The average Bonchev–Trinajstić information content (AvgIpc) is 2.71. The van der Waals surface area contributed by atoms with Crippen molar-refractivity contribution in [2.45, 2.75) is 26.4 Å². The fourth-order valence-corrected chi connectivity index (χ4v) is 2.00. The molecule has 0 aromatic carbocycles. The van der Waals surface area contributed by atoms with Gasteiger partial charge in [0.05, 0.1) is 6.20 Å². The van der Waals surface area contributed by atoms with E-state index >= 15 is 0 Å². The summed E-state index contributed by atoms with van der Waals surface area (Å²) in [5.74, 6) is 0. The Morgan fingerprint density at radius 2 is 2.07 bits per heavy atom. The Bertz CT molecular complexity index is 276. The Labute approximate surface area is 90.8 Å². The zero-order valence-corrected chi connectivity index (χ0v) is 9.52. The van der Waals surface area contributed by atoms with Crippen molar-refractivity contribution in [1.29, 1.82) is 0 Å². The Balaban J connectivity index is 1.79. The van der Waals surface area contributed by atoms with Crippen molar-refractivity contribution in [3.05, 3.63) is 18.0 Å². The van der Waals surface area contributed by atoms with Crippen LogP contribution in [0.25, 0.3) is 0 Å². The summed E-state index contributed by atoms with van der Waals surface area (Å²) in [6.45, 7) is 10.1. The Kier molecular flexibility index (Phi) is 3.38. The van der Waals surface area contributed by atoms with Crippen molar-refractivity contribution in [2.24, 2.45) is 0 Å². The van der Waals surface area contributed by atoms with Gasteiger partial charge in [-0.25, -0.2) is 0 Å². The number of rotatable bonds is 3. The SMILES string of the molecule is CC(C)N1CCN(Cc2cnoc2)CC1. The Morgan fingerprint density at radius 1 is 1.33 bits per heavy atom. The Morgan fingerprint density at radius 3 is 2.60 bits per heavy atom. The van der Waals surface area contributed by atoms with Gasteiger partial charge >= 0.3 is 0 Å². The molecule has 0 amide bonds. The largest absolute Gasteiger partial charge is 0.364 e. The van der Waals surface area contributed by atoms with Crippen molar-refractivity contribution in [3.63, 3.8) is 0 Å². The van der Waals surface area contributed by atoms with E-state index in [1.807, 2.05) is 0 Å². The molecule has 0 aliphatic carbocycles. The molecule has 1 saturated heterocycles. The van der Waals surface area contributed by atoms with Gasteiger partial charge in [0.15, 0.2) is 0 Å². The van der Waals surface area contributed by atoms with Crippen molar-refractivity contribution >= 4 is 0 Å². The number of hydrogen-bond donors (Lipinski definition) is 0. The monoisotopic (exact) mass is 209 g/mol. The van der Waals surface area contributed by atoms with Crippen LogP contribution in [0.5, 0.6) is 0 Å². The summed E-state index contributed by atoms with van der Waals surface area (Å²) in [5, 5.41) is 3.72. The van der Waals surface area contributed by atoms with Crippen LogP contribution in [0.1, 0.15) is 19.4 Å². The average molecular weight is 209 g/mol. The van der Waals surface area contributed by atoms with Gasteiger partial charge < -0.3 is 4.52 Å². The molecule has 1 aromatic rings. The summed E-state index contributed by atoms with van der Waals surface area (Å²) in [7, 11) is 0. The molecule has 2 heterocycles. The molecule has 0 saturated carbocycles. The minimum atomic E-state index is 0.669. The number of piperazine rings is 1. The Hall–Kier alpha value is -0.870. The van der Waals surface area contributed by atoms with E-state index in [-0.39, 0.29) is 0 Å². The van der Waals surface area contributed by atoms with Crippen LogP contribution in [0.3, 0.4) is 0 Å². The third-order valence-electron chi connectivity index (χ3n) is 3.03. The van der Waals surface area contributed by atoms with E-state index in [1.54, 1.807) is 12.5 Å². The van der Waals surface area contributed by atoms with E-state index in [9.17, 15) is 0 Å². The van der Waals surface area contributed by atoms with Gasteiger partial charge in [-0.05, 0) is 13.8 Å². The summed E-state index contributed by atoms with van der Waals surface area (Å²) >= 11 is 0. The molecule has 1 aliphatic heterocycles. The highest BCUT2D eigenvalue weighted by molar-refractivity contribution is 5.00. The highest BCUT2D eigenvalue weighted by atomic mass is 16.5. The van der Waals surface area contributed by atoms with Crippen LogP contribution in [0.15, 0.2) is 17.0 Å². The molecular formula is C11H19N3O. The minimum absolute atomic E-state index is 0.669. The third-order valence-corrected chi connectivity index (χ3v) is 3.03. The standard InChI is InChI=1S/C11H19N3O/c1-10(2)14-5-3-13(4-6-14)8-11-7-12-15-9-11/h7,9-10H,3-6,8H2,1-2H3. The molecule has 1 aliphatic rings. The highest BCUT2D eigenvalue weighted by Gasteiger charge is 2.18. The smallest absolute Gasteiger partial charge is 0.128 e. The van der Waals surface area contributed by atoms with Crippen LogP contribution >= 0.6 is 0 Å². The van der Waals surface area contributed by atoms with E-state index in [2.05, 4.69) is 28.8 Å². The lowest BCUT2D eigenvalue weighted by Crippen LogP contribution is -2.48. The zero-order valence-electron chi connectivity index (χ0n) is 9.52. The molecule has 1 fully saturated rings. The van der Waals surface area contributed by atoms with Crippen molar-refractivity contribution < 1.29 is 4.52 Å². The maximum Gasteiger partial charge on any atom is 0.128 e. The fourth-order valence-electron chi connectivity index (χ4n) is 2.00. The van der Waals surface area contributed by atoms with Gasteiger partial charge in [-0.15, -0.1) is 0 Å². The van der Waals surface area contributed by atoms with Gasteiger partial charge in [-0.3, -0.25) is 9.80 Å². The second-order valence-corrected chi connectivity index (χ2v) is 4.44. The molecule has 0 atom stereocenters. The number of hydrogen-bond acceptors (Lipinski definition) is 4. The van der Waals surface area contributed by atoms with Gasteiger partial charge in [0.25, 0.3) is 0 Å². The van der Waals surface area contributed by atoms with E-state index < -0.39 is 0 Å². The van der Waals surface area contributed by atoms with Crippen molar-refractivity contribution in [1.82, 2.24) is 15.0 Å². The molecule has 0 unspecified atom stereocenters. The van der Waals surface area contributed by atoms with Gasteiger partial charge in [-0.1, -0.05) is 5.16 Å². The lowest BCUT2D eigenvalue weighted by atomic mass is 10.2. The summed E-state index contributed by atoms with van der Waals surface area (Å²) < 4.78 is 4.83. The second-order valence-electron chi connectivity index (χ2n) is 4.44. The zero-order chi connectivity index (χ0) is 10.7. The molecule has 0 radical (unpaired) electrons. The van der Waals surface area contributed by atoms with Crippen molar-refractivity contribution in [2.75, 3.05) is 26.2 Å². The molecule has 0 bridgehead atoms. The van der Waals surface area contributed by atoms with E-state index in [0.717, 1.165) is 19.6 Å². The normalized spacial score (nSPS) is 19.9. The molecule has 2 rings (SSSR count). The first-order valence-corrected chi connectivity index (χ1v) is 5.60. The van der Waals surface area contributed by atoms with Gasteiger partial charge in [0.1, 0.15) is 6.26 Å². The topological polar surface area (TPSA) is 32.5 Å². The summed E-state index contributed by atoms with van der Waals surface area (Å²) in [6, 6.07) is 0.669. The van der Waals surface area contributed by atoms with Gasteiger partial charge in [0, 0.05) is 44.3 Å². The molecular weight excluding hydrogens is 190 g/mol. The molecule has 0 N–H and O–H groups in total. The highest BCUT2D eigenvalue weighted by Crippen LogP contribution is 2.09. The molecule has 1 aromatic heterocycles. The molecule has 4 nitrogen and oxygen atoms in total. The summed E-state index contributed by atoms with van der Waals surface area (Å²) in [4.78, 5) is 4.97. The molecule has 4 heteroatoms. The lowest BCUT2D eigenvalue weighted by Gasteiger charge is -2.36. The predicted octanol–water partition coefficient (Wildman–Crippen LogP) is 1.20. The minimum Gasteiger partial charge on any atom is -0.364 e. The van der Waals surface area contributed by atoms with E-state index in [4.69, 9.17) is 4.52 Å². The third kappa shape index (κ3) is 2.79. The van der Waals surface area contributed by atoms with Crippen molar-refractivity contribution in [3.8, 4) is 0 Å². The van der Waals surface area contributed by atoms with Crippen LogP contribution in [0.4, 0.5) is 0 Å². The van der Waals surface area contributed by atoms with E-state index in [0.29, 0.717) is 6.04 Å². The van der Waals surface area contributed by atoms with Gasteiger partial charge in [0.2, 0.25) is 0 Å². The first-order valence-electron chi connectivity index (χ1n) is 5.60. The maximum absolute atomic E-state index is 4.83. The lowest BCUT2D eigenvalue weighted by molar-refractivity contribution is 0.104. The quantitative estimate of drug-likeness (QED) is 0.749. The maximum atomic E-state index is 4.83. The van der Waals surface area contributed by atoms with Crippen LogP contribution in [-0.2, 0) is 6.54 Å². The molecule has 84 valence electrons. The summed E-state index contributed by atoms with van der Waals surface area (Å²) in [6.07, 6.45) is 3.53. The first-order chi connectivity index (χ1) is 7.25. The van der Waals surface area contributed by atoms with Gasteiger partial charge in [-0.2, -0.15) is 0 Å². The summed E-state index contributed by atoms with van der Waals surface area (Å²) in [5.41, 5.74) is 1.17. The van der Waals surface area contributed by atoms with Crippen LogP contribution in [-0.4, -0.2) is 47.2 Å². The number of aromatic nitrogens is 1. The van der Waals surface area contributed by atoms with Crippen LogP contribution in [0, 0.1) is 0 Å². The second kappa shape index (κ2) is 4.77. The van der Waals surface area contributed by atoms with Crippen LogP contribution < -0.4 is 0 Å². The van der Waals surface area contributed by atoms with Crippen LogP contribution in [0.2, 0.25) is 0 Å². The van der Waals surface area contributed by atoms with E-state index in [1.165, 1.54) is 18.7 Å². The molecule has 0 spiro atoms.